The molecule has 0 saturated carbocycles. The molecule has 2 fully saturated rings. The molecule has 12 atom stereocenters. The van der Waals surface area contributed by atoms with Gasteiger partial charge in [-0.3, -0.25) is 4.79 Å². The number of carbonyl (C=O) groups is 1. The standard InChI is InChI=1S/C72H117NO13/c1-3-5-7-9-11-13-15-17-19-21-23-25-27-28-29-30-31-32-34-36-38-40-42-44-46-48-50-52-54-56-64(77)73-60(59-83-71-69(82)67(80)70(63(58-75)85-71)86-72-68(81)66(79)65(78)62(57-74)84-72)61(76)55-53-51-49-47-45-43-41-39-37-35-33-26-24-22-20-18-16-14-12-10-8-6-4-2/h5,7,11,13,17,19,23,25,28-29,31-32,36-39,42,44-45,47-48,50,53,55,60-63,65-72,74-76,78-82H,3-4,6,8-10,12,14-16,18,20-22,24,26-27,30,33-35,40-41,43,46,49,51-52,54,56-59H2,1-2H3,(H,73,77)/b7-5-,13-11-,19-17-,25-23-,29-28-,32-31-,38-36-,39-37+,44-42-,47-45+,50-48-,55-53+. The van der Waals surface area contributed by atoms with Crippen LogP contribution in [0.25, 0.3) is 0 Å². The molecule has 1 amide bonds. The molecule has 0 bridgehead atoms. The summed E-state index contributed by atoms with van der Waals surface area (Å²) in [5, 5.41) is 87.2. The third-order valence-corrected chi connectivity index (χ3v) is 15.0. The number of unbranched alkanes of at least 4 members (excludes halogenated alkanes) is 16. The lowest BCUT2D eigenvalue weighted by atomic mass is 9.97. The summed E-state index contributed by atoms with van der Waals surface area (Å²) in [6.07, 6.45) is 66.1. The van der Waals surface area contributed by atoms with Gasteiger partial charge in [0.2, 0.25) is 5.91 Å². The van der Waals surface area contributed by atoms with E-state index >= 15 is 0 Å². The first-order valence-corrected chi connectivity index (χ1v) is 33.1. The maximum Gasteiger partial charge on any atom is 0.220 e. The van der Waals surface area contributed by atoms with Crippen molar-refractivity contribution < 1.29 is 64.6 Å². The highest BCUT2D eigenvalue weighted by Crippen LogP contribution is 2.30. The van der Waals surface area contributed by atoms with Gasteiger partial charge in [-0.1, -0.05) is 237 Å². The zero-order valence-electron chi connectivity index (χ0n) is 52.7. The predicted octanol–water partition coefficient (Wildman–Crippen LogP) is 12.9. The fourth-order valence-corrected chi connectivity index (χ4v) is 9.74. The van der Waals surface area contributed by atoms with Crippen molar-refractivity contribution in [3.63, 3.8) is 0 Å². The molecule has 488 valence electrons. The van der Waals surface area contributed by atoms with E-state index in [1.807, 2.05) is 12.2 Å². The Morgan fingerprint density at radius 3 is 1.28 bits per heavy atom. The van der Waals surface area contributed by atoms with Gasteiger partial charge in [0, 0.05) is 6.42 Å². The van der Waals surface area contributed by atoms with Crippen LogP contribution in [-0.4, -0.2) is 140 Å². The van der Waals surface area contributed by atoms with Crippen molar-refractivity contribution in [3.05, 3.63) is 146 Å². The van der Waals surface area contributed by atoms with Gasteiger partial charge >= 0.3 is 0 Å². The second kappa shape index (κ2) is 55.0. The van der Waals surface area contributed by atoms with Gasteiger partial charge in [0.25, 0.3) is 0 Å². The molecular formula is C72H117NO13. The van der Waals surface area contributed by atoms with Crippen LogP contribution in [0.1, 0.15) is 206 Å². The van der Waals surface area contributed by atoms with E-state index in [1.165, 1.54) is 83.5 Å². The number of hydrogen-bond donors (Lipinski definition) is 9. The quantitative estimate of drug-likeness (QED) is 0.0204. The number of allylic oxidation sites excluding steroid dienone is 23. The number of amides is 1. The molecule has 2 aliphatic heterocycles. The summed E-state index contributed by atoms with van der Waals surface area (Å²) in [5.41, 5.74) is 0. The number of ether oxygens (including phenoxy) is 4. The van der Waals surface area contributed by atoms with Gasteiger partial charge < -0.3 is 65.1 Å². The van der Waals surface area contributed by atoms with E-state index in [0.29, 0.717) is 19.3 Å². The van der Waals surface area contributed by atoms with E-state index in [4.69, 9.17) is 18.9 Å². The highest BCUT2D eigenvalue weighted by atomic mass is 16.7. The van der Waals surface area contributed by atoms with Crippen LogP contribution in [0.15, 0.2) is 146 Å². The summed E-state index contributed by atoms with van der Waals surface area (Å²) < 4.78 is 22.8. The number of hydrogen-bond acceptors (Lipinski definition) is 13. The van der Waals surface area contributed by atoms with Crippen molar-refractivity contribution in [2.45, 2.75) is 280 Å². The molecular weight excluding hydrogens is 1090 g/mol. The second-order valence-electron chi connectivity index (χ2n) is 22.5. The molecule has 0 aromatic heterocycles. The van der Waals surface area contributed by atoms with Crippen molar-refractivity contribution in [2.75, 3.05) is 19.8 Å². The van der Waals surface area contributed by atoms with Crippen molar-refractivity contribution >= 4 is 5.91 Å². The lowest BCUT2D eigenvalue weighted by Gasteiger charge is -2.46. The molecule has 9 N–H and O–H groups in total. The first-order valence-electron chi connectivity index (χ1n) is 33.1. The Morgan fingerprint density at radius 1 is 0.430 bits per heavy atom. The van der Waals surface area contributed by atoms with E-state index in [2.05, 4.69) is 147 Å². The molecule has 0 radical (unpaired) electrons. The monoisotopic (exact) mass is 1200 g/mol. The number of aliphatic hydroxyl groups is 8. The van der Waals surface area contributed by atoms with E-state index in [9.17, 15) is 45.6 Å². The average molecular weight is 1200 g/mol. The summed E-state index contributed by atoms with van der Waals surface area (Å²) in [4.78, 5) is 13.3. The molecule has 2 aliphatic rings. The lowest BCUT2D eigenvalue weighted by Crippen LogP contribution is -2.65. The number of rotatable bonds is 51. The zero-order valence-corrected chi connectivity index (χ0v) is 52.7. The zero-order chi connectivity index (χ0) is 62.3. The van der Waals surface area contributed by atoms with Crippen molar-refractivity contribution in [2.24, 2.45) is 0 Å². The molecule has 0 aromatic carbocycles. The first-order chi connectivity index (χ1) is 42.1. The minimum Gasteiger partial charge on any atom is -0.394 e. The minimum absolute atomic E-state index is 0.179. The van der Waals surface area contributed by atoms with Crippen molar-refractivity contribution in [1.82, 2.24) is 5.32 Å². The molecule has 86 heavy (non-hydrogen) atoms. The summed E-state index contributed by atoms with van der Waals surface area (Å²) in [5.74, 6) is -0.317. The Labute approximate surface area is 519 Å². The third-order valence-electron chi connectivity index (χ3n) is 15.0. The second-order valence-corrected chi connectivity index (χ2v) is 22.5. The highest BCUT2D eigenvalue weighted by Gasteiger charge is 2.51. The Balaban J connectivity index is 1.79. The number of carbonyl (C=O) groups excluding carboxylic acids is 1. The van der Waals surface area contributed by atoms with Gasteiger partial charge in [-0.15, -0.1) is 0 Å². The van der Waals surface area contributed by atoms with Crippen LogP contribution in [0.4, 0.5) is 0 Å². The maximum absolute atomic E-state index is 13.3. The SMILES string of the molecule is CC/C=C\C/C=C\C/C=C\C/C=C\C/C=C\C/C=C\C/C=C\C/C=C\C/C=C\CCCC(=O)NC(COC1OC(CO)C(OC2OC(CO)C(O)C(O)C2O)C(O)C1O)C(O)/C=C/CC/C=C/CC/C=C/CCCCCCCCCCCCCCC. The van der Waals surface area contributed by atoms with Gasteiger partial charge in [-0.05, 0) is 109 Å². The molecule has 2 rings (SSSR count). The van der Waals surface area contributed by atoms with Crippen LogP contribution in [0.3, 0.4) is 0 Å². The van der Waals surface area contributed by atoms with Gasteiger partial charge in [-0.2, -0.15) is 0 Å². The molecule has 2 saturated heterocycles. The van der Waals surface area contributed by atoms with Crippen LogP contribution in [-0.2, 0) is 23.7 Å². The summed E-state index contributed by atoms with van der Waals surface area (Å²) in [6.45, 7) is 2.61. The molecule has 14 nitrogen and oxygen atoms in total. The summed E-state index contributed by atoms with van der Waals surface area (Å²) in [6, 6.07) is -0.982. The van der Waals surface area contributed by atoms with Crippen molar-refractivity contribution in [3.8, 4) is 0 Å². The number of nitrogens with one attached hydrogen (secondary N) is 1. The third kappa shape index (κ3) is 39.0. The smallest absolute Gasteiger partial charge is 0.220 e. The van der Waals surface area contributed by atoms with Crippen LogP contribution in [0.2, 0.25) is 0 Å². The normalized spacial score (nSPS) is 24.4. The Bertz CT molecular complexity index is 2000. The van der Waals surface area contributed by atoms with E-state index in [0.717, 1.165) is 83.5 Å². The fraction of sp³-hybridized carbons (Fsp3) is 0.653. The van der Waals surface area contributed by atoms with Gasteiger partial charge in [0.05, 0.1) is 32.0 Å². The van der Waals surface area contributed by atoms with Crippen LogP contribution in [0.5, 0.6) is 0 Å². The first kappa shape index (κ1) is 78.0. The van der Waals surface area contributed by atoms with Gasteiger partial charge in [-0.25, -0.2) is 0 Å². The predicted molar refractivity (Wildman–Crippen MR) is 350 cm³/mol. The molecule has 0 spiro atoms. The van der Waals surface area contributed by atoms with Gasteiger partial charge in [0.1, 0.15) is 48.8 Å². The largest absolute Gasteiger partial charge is 0.394 e. The Morgan fingerprint density at radius 2 is 0.814 bits per heavy atom. The van der Waals surface area contributed by atoms with E-state index < -0.39 is 86.8 Å². The molecule has 12 unspecified atom stereocenters. The average Bonchev–Trinajstić information content (AvgIpc) is 2.53. The van der Waals surface area contributed by atoms with E-state index in [1.54, 1.807) is 6.08 Å². The van der Waals surface area contributed by atoms with Crippen molar-refractivity contribution in [1.29, 1.82) is 0 Å². The van der Waals surface area contributed by atoms with Crippen LogP contribution < -0.4 is 5.32 Å². The maximum atomic E-state index is 13.3. The number of aliphatic hydroxyl groups excluding tert-OH is 8. The summed E-state index contributed by atoms with van der Waals surface area (Å²) >= 11 is 0. The molecule has 2 heterocycles. The Hall–Kier alpha value is -4.13. The van der Waals surface area contributed by atoms with Crippen LogP contribution in [0, 0.1) is 0 Å². The minimum atomic E-state index is -1.81. The molecule has 0 aromatic rings. The summed E-state index contributed by atoms with van der Waals surface area (Å²) in [7, 11) is 0. The highest BCUT2D eigenvalue weighted by molar-refractivity contribution is 5.76. The Kier molecular flexibility index (Phi) is 49.8. The van der Waals surface area contributed by atoms with Gasteiger partial charge in [0.15, 0.2) is 12.6 Å². The lowest BCUT2D eigenvalue weighted by molar-refractivity contribution is -0.359. The fourth-order valence-electron chi connectivity index (χ4n) is 9.74. The van der Waals surface area contributed by atoms with E-state index in [-0.39, 0.29) is 18.9 Å². The van der Waals surface area contributed by atoms with Crippen LogP contribution >= 0.6 is 0 Å². The molecule has 0 aliphatic carbocycles. The molecule has 14 heteroatoms. The topological polar surface area (TPSA) is 228 Å².